The smallest absolute Gasteiger partial charge is 0.0136 e. The second-order valence-corrected chi connectivity index (χ2v) is 9.88. The van der Waals surface area contributed by atoms with Gasteiger partial charge < -0.3 is 0 Å². The van der Waals surface area contributed by atoms with Gasteiger partial charge in [0.05, 0.1) is 0 Å². The predicted octanol–water partition coefficient (Wildman–Crippen LogP) is 9.86. The van der Waals surface area contributed by atoms with E-state index < -0.39 is 0 Å². The van der Waals surface area contributed by atoms with E-state index in [9.17, 15) is 0 Å². The molecule has 0 N–H and O–H groups in total. The molecular weight excluding hydrogens is 444 g/mol. The number of aryl methyl sites for hydroxylation is 1. The van der Waals surface area contributed by atoms with Gasteiger partial charge in [-0.2, -0.15) is 0 Å². The molecule has 0 fully saturated rings. The molecule has 1 unspecified atom stereocenters. The van der Waals surface area contributed by atoms with Gasteiger partial charge in [-0.05, 0) is 63.1 Å². The Bertz CT molecular complexity index is 1600. The van der Waals surface area contributed by atoms with E-state index in [-0.39, 0.29) is 5.92 Å². The first-order valence-corrected chi connectivity index (χ1v) is 13.0. The number of hydrogen-bond acceptors (Lipinski definition) is 0. The van der Waals surface area contributed by atoms with Crippen LogP contribution in [-0.2, 0) is 6.42 Å². The van der Waals surface area contributed by atoms with Crippen molar-refractivity contribution in [3.05, 3.63) is 168 Å². The van der Waals surface area contributed by atoms with Gasteiger partial charge in [-0.15, -0.1) is 0 Å². The molecule has 178 valence electrons. The zero-order valence-electron chi connectivity index (χ0n) is 21.1. The SMILES string of the molecule is Cc1ccc(-c2ccc(CC(c3ccc(-c4ccccc4)cc3)c3cccc4ccccc34)cc2)cc1. The van der Waals surface area contributed by atoms with E-state index in [2.05, 4.69) is 153 Å². The summed E-state index contributed by atoms with van der Waals surface area (Å²) in [5.74, 6) is 0.265. The predicted molar refractivity (Wildman–Crippen MR) is 158 cm³/mol. The van der Waals surface area contributed by atoms with Crippen molar-refractivity contribution in [2.24, 2.45) is 0 Å². The lowest BCUT2D eigenvalue weighted by Crippen LogP contribution is -2.06. The van der Waals surface area contributed by atoms with Crippen molar-refractivity contribution in [3.63, 3.8) is 0 Å². The van der Waals surface area contributed by atoms with E-state index in [1.54, 1.807) is 0 Å². The van der Waals surface area contributed by atoms with Crippen LogP contribution in [0.3, 0.4) is 0 Å². The van der Waals surface area contributed by atoms with E-state index in [1.807, 2.05) is 0 Å². The van der Waals surface area contributed by atoms with E-state index >= 15 is 0 Å². The Morgan fingerprint density at radius 1 is 0.459 bits per heavy atom. The highest BCUT2D eigenvalue weighted by Crippen LogP contribution is 2.35. The van der Waals surface area contributed by atoms with Crippen molar-refractivity contribution in [2.45, 2.75) is 19.3 Å². The molecule has 0 heterocycles. The molecule has 0 aliphatic heterocycles. The first-order valence-electron chi connectivity index (χ1n) is 13.0. The molecule has 0 spiro atoms. The van der Waals surface area contributed by atoms with Crippen molar-refractivity contribution < 1.29 is 0 Å². The normalized spacial score (nSPS) is 11.9. The largest absolute Gasteiger partial charge is 0.0622 e. The van der Waals surface area contributed by atoms with E-state index in [4.69, 9.17) is 0 Å². The van der Waals surface area contributed by atoms with Crippen LogP contribution in [-0.4, -0.2) is 0 Å². The maximum atomic E-state index is 2.31. The fourth-order valence-electron chi connectivity index (χ4n) is 5.32. The zero-order valence-corrected chi connectivity index (χ0v) is 21.1. The maximum Gasteiger partial charge on any atom is 0.0136 e. The fraction of sp³-hybridized carbons (Fsp3) is 0.0811. The molecule has 0 aromatic heterocycles. The van der Waals surface area contributed by atoms with Gasteiger partial charge in [-0.3, -0.25) is 0 Å². The lowest BCUT2D eigenvalue weighted by atomic mass is 9.83. The first kappa shape index (κ1) is 23.0. The second kappa shape index (κ2) is 10.3. The first-order chi connectivity index (χ1) is 18.2. The van der Waals surface area contributed by atoms with Gasteiger partial charge in [0.2, 0.25) is 0 Å². The van der Waals surface area contributed by atoms with Crippen LogP contribution in [0, 0.1) is 6.92 Å². The second-order valence-electron chi connectivity index (χ2n) is 9.88. The quantitative estimate of drug-likeness (QED) is 0.225. The average molecular weight is 475 g/mol. The zero-order chi connectivity index (χ0) is 25.0. The van der Waals surface area contributed by atoms with Gasteiger partial charge in [0.25, 0.3) is 0 Å². The minimum atomic E-state index is 0.265. The Labute approximate surface area is 219 Å². The third-order valence-corrected chi connectivity index (χ3v) is 7.40. The van der Waals surface area contributed by atoms with Crippen LogP contribution in [0.5, 0.6) is 0 Å². The third kappa shape index (κ3) is 4.97. The van der Waals surface area contributed by atoms with Crippen molar-refractivity contribution in [2.75, 3.05) is 0 Å². The Balaban J connectivity index is 1.37. The number of hydrogen-bond donors (Lipinski definition) is 0. The molecule has 6 aromatic carbocycles. The van der Waals surface area contributed by atoms with Crippen LogP contribution in [0.25, 0.3) is 33.0 Å². The summed E-state index contributed by atoms with van der Waals surface area (Å²) in [6, 6.07) is 53.1. The Kier molecular flexibility index (Phi) is 6.40. The summed E-state index contributed by atoms with van der Waals surface area (Å²) in [4.78, 5) is 0. The van der Waals surface area contributed by atoms with Crippen LogP contribution in [0.15, 0.2) is 146 Å². The summed E-state index contributed by atoms with van der Waals surface area (Å²) in [6.07, 6.45) is 0.951. The highest BCUT2D eigenvalue weighted by molar-refractivity contribution is 5.86. The molecule has 0 radical (unpaired) electrons. The molecular formula is C37H30. The van der Waals surface area contributed by atoms with Gasteiger partial charge in [0.1, 0.15) is 0 Å². The fourth-order valence-corrected chi connectivity index (χ4v) is 5.32. The van der Waals surface area contributed by atoms with E-state index in [0.717, 1.165) is 6.42 Å². The van der Waals surface area contributed by atoms with Crippen LogP contribution in [0.4, 0.5) is 0 Å². The Hall–Kier alpha value is -4.42. The topological polar surface area (TPSA) is 0 Å². The highest BCUT2D eigenvalue weighted by Gasteiger charge is 2.18. The average Bonchev–Trinajstić information content (AvgIpc) is 2.97. The van der Waals surface area contributed by atoms with Crippen LogP contribution in [0.1, 0.15) is 28.2 Å². The summed E-state index contributed by atoms with van der Waals surface area (Å²) in [6.45, 7) is 2.13. The minimum absolute atomic E-state index is 0.265. The molecule has 0 heteroatoms. The summed E-state index contributed by atoms with van der Waals surface area (Å²) in [7, 11) is 0. The molecule has 0 amide bonds. The van der Waals surface area contributed by atoms with Crippen LogP contribution < -0.4 is 0 Å². The Morgan fingerprint density at radius 2 is 1.00 bits per heavy atom. The molecule has 6 aromatic rings. The lowest BCUT2D eigenvalue weighted by Gasteiger charge is -2.21. The van der Waals surface area contributed by atoms with Gasteiger partial charge >= 0.3 is 0 Å². The van der Waals surface area contributed by atoms with Gasteiger partial charge in [0, 0.05) is 5.92 Å². The molecule has 0 aliphatic carbocycles. The van der Waals surface area contributed by atoms with Gasteiger partial charge in [0.15, 0.2) is 0 Å². The molecule has 0 saturated carbocycles. The monoisotopic (exact) mass is 474 g/mol. The molecule has 37 heavy (non-hydrogen) atoms. The molecule has 0 bridgehead atoms. The summed E-state index contributed by atoms with van der Waals surface area (Å²) in [5.41, 5.74) is 10.4. The summed E-state index contributed by atoms with van der Waals surface area (Å²) >= 11 is 0. The number of fused-ring (bicyclic) bond motifs is 1. The van der Waals surface area contributed by atoms with Gasteiger partial charge in [-0.25, -0.2) is 0 Å². The van der Waals surface area contributed by atoms with Crippen molar-refractivity contribution >= 4 is 10.8 Å². The molecule has 0 aliphatic rings. The molecule has 1 atom stereocenters. The lowest BCUT2D eigenvalue weighted by molar-refractivity contribution is 0.812. The van der Waals surface area contributed by atoms with Crippen molar-refractivity contribution in [3.8, 4) is 22.3 Å². The van der Waals surface area contributed by atoms with Gasteiger partial charge in [-0.1, -0.05) is 151 Å². The van der Waals surface area contributed by atoms with Crippen LogP contribution in [0.2, 0.25) is 0 Å². The third-order valence-electron chi connectivity index (χ3n) is 7.40. The van der Waals surface area contributed by atoms with Crippen LogP contribution >= 0.6 is 0 Å². The molecule has 6 rings (SSSR count). The Morgan fingerprint density at radius 3 is 1.70 bits per heavy atom. The van der Waals surface area contributed by atoms with E-state index in [0.29, 0.717) is 0 Å². The van der Waals surface area contributed by atoms with E-state index in [1.165, 1.54) is 55.3 Å². The number of rotatable bonds is 6. The minimum Gasteiger partial charge on any atom is -0.0622 e. The number of benzene rings is 6. The maximum absolute atomic E-state index is 2.31. The summed E-state index contributed by atoms with van der Waals surface area (Å²) < 4.78 is 0. The highest BCUT2D eigenvalue weighted by atomic mass is 14.2. The van der Waals surface area contributed by atoms with Crippen molar-refractivity contribution in [1.29, 1.82) is 0 Å². The standard InChI is InChI=1S/C37H30/c1-27-14-18-30(19-15-27)31-20-16-28(17-21-31)26-37(36-13-7-11-33-10-5-6-12-35(33)36)34-24-22-32(23-25-34)29-8-3-2-4-9-29/h2-25,37H,26H2,1H3. The summed E-state index contributed by atoms with van der Waals surface area (Å²) in [5, 5.41) is 2.62. The molecule has 0 saturated heterocycles. The molecule has 0 nitrogen and oxygen atoms in total. The van der Waals surface area contributed by atoms with Crippen molar-refractivity contribution in [1.82, 2.24) is 0 Å².